The van der Waals surface area contributed by atoms with E-state index >= 15 is 0 Å². The molecule has 2 N–H and O–H groups in total. The summed E-state index contributed by atoms with van der Waals surface area (Å²) in [5.74, 6) is -1.12. The van der Waals surface area contributed by atoms with Gasteiger partial charge in [-0.25, -0.2) is 8.42 Å². The van der Waals surface area contributed by atoms with E-state index in [1.807, 2.05) is 20.8 Å². The first kappa shape index (κ1) is 22.6. The van der Waals surface area contributed by atoms with Crippen LogP contribution in [0.3, 0.4) is 0 Å². The lowest BCUT2D eigenvalue weighted by Crippen LogP contribution is -2.53. The first-order chi connectivity index (χ1) is 14.0. The second-order valence-corrected chi connectivity index (χ2v) is 11.0. The Morgan fingerprint density at radius 1 is 1.27 bits per heavy atom. The van der Waals surface area contributed by atoms with Crippen molar-refractivity contribution in [3.05, 3.63) is 18.2 Å². The zero-order valence-electron chi connectivity index (χ0n) is 17.5. The van der Waals surface area contributed by atoms with E-state index in [2.05, 4.69) is 19.4 Å². The number of benzene rings is 1. The zero-order valence-corrected chi connectivity index (χ0v) is 19.1. The number of aromatic nitrogens is 2. The molecule has 9 nitrogen and oxygen atoms in total. The van der Waals surface area contributed by atoms with E-state index in [4.69, 9.17) is 0 Å². The highest BCUT2D eigenvalue weighted by molar-refractivity contribution is 7.89. The quantitative estimate of drug-likeness (QED) is 0.708. The lowest BCUT2D eigenvalue weighted by atomic mass is 9.98. The van der Waals surface area contributed by atoms with Gasteiger partial charge in [-0.2, -0.15) is 13.1 Å². The summed E-state index contributed by atoms with van der Waals surface area (Å²) in [4.78, 5) is 25.1. The molecule has 1 aliphatic heterocycles. The van der Waals surface area contributed by atoms with Crippen molar-refractivity contribution >= 4 is 44.6 Å². The zero-order chi connectivity index (χ0) is 22.1. The Labute approximate surface area is 180 Å². The maximum absolute atomic E-state index is 13.2. The average Bonchev–Trinajstić information content (AvgIpc) is 3.15. The van der Waals surface area contributed by atoms with Crippen molar-refractivity contribution in [1.29, 1.82) is 0 Å². The summed E-state index contributed by atoms with van der Waals surface area (Å²) in [7, 11) is -3.82. The summed E-state index contributed by atoms with van der Waals surface area (Å²) in [5.41, 5.74) is 0.477. The highest BCUT2D eigenvalue weighted by atomic mass is 32.2. The number of rotatable bonds is 5. The van der Waals surface area contributed by atoms with Crippen LogP contribution in [-0.2, 0) is 19.6 Å². The molecule has 1 saturated heterocycles. The van der Waals surface area contributed by atoms with Crippen LogP contribution in [0.1, 0.15) is 40.5 Å². The molecule has 0 saturated carbocycles. The molecular weight excluding hydrogens is 426 g/mol. The van der Waals surface area contributed by atoms with Gasteiger partial charge in [0.05, 0.1) is 17.6 Å². The van der Waals surface area contributed by atoms with Gasteiger partial charge in [-0.3, -0.25) is 9.59 Å². The smallest absolute Gasteiger partial charge is 0.245 e. The van der Waals surface area contributed by atoms with Crippen LogP contribution in [-0.4, -0.2) is 58.0 Å². The molecule has 0 radical (unpaired) electrons. The van der Waals surface area contributed by atoms with Gasteiger partial charge < -0.3 is 10.6 Å². The third-order valence-electron chi connectivity index (χ3n) is 4.87. The molecule has 0 spiro atoms. The van der Waals surface area contributed by atoms with Crippen molar-refractivity contribution in [2.45, 2.75) is 57.0 Å². The summed E-state index contributed by atoms with van der Waals surface area (Å²) in [6, 6.07) is 4.16. The maximum atomic E-state index is 13.2. The predicted octanol–water partition coefficient (Wildman–Crippen LogP) is 1.51. The molecule has 11 heteroatoms. The SMILES string of the molecule is C[C@@H](NC(=O)C1CCCN(S(=O)(=O)c2cccc3nsnc23)C1)C(=O)NC(C)(C)C. The van der Waals surface area contributed by atoms with Gasteiger partial charge in [-0.05, 0) is 52.7 Å². The number of carbonyl (C=O) groups excluding carboxylic acids is 2. The van der Waals surface area contributed by atoms with E-state index in [9.17, 15) is 18.0 Å². The van der Waals surface area contributed by atoms with Crippen LogP contribution >= 0.6 is 11.7 Å². The largest absolute Gasteiger partial charge is 0.350 e. The topological polar surface area (TPSA) is 121 Å². The second kappa shape index (κ2) is 8.56. The molecule has 2 heterocycles. The molecule has 1 fully saturated rings. The highest BCUT2D eigenvalue weighted by Crippen LogP contribution is 2.28. The van der Waals surface area contributed by atoms with Gasteiger partial charge in [-0.1, -0.05) is 6.07 Å². The highest BCUT2D eigenvalue weighted by Gasteiger charge is 2.35. The van der Waals surface area contributed by atoms with Gasteiger partial charge in [0.15, 0.2) is 0 Å². The van der Waals surface area contributed by atoms with Gasteiger partial charge in [-0.15, -0.1) is 0 Å². The number of nitrogens with one attached hydrogen (secondary N) is 2. The number of carbonyl (C=O) groups is 2. The number of sulfonamides is 1. The average molecular weight is 454 g/mol. The van der Waals surface area contributed by atoms with Crippen molar-refractivity contribution in [2.24, 2.45) is 5.92 Å². The van der Waals surface area contributed by atoms with E-state index in [1.165, 1.54) is 10.4 Å². The molecular formula is C19H27N5O4S2. The maximum Gasteiger partial charge on any atom is 0.245 e. The third kappa shape index (κ3) is 4.96. The minimum Gasteiger partial charge on any atom is -0.350 e. The minimum atomic E-state index is -3.82. The fourth-order valence-electron chi connectivity index (χ4n) is 3.38. The summed E-state index contributed by atoms with van der Waals surface area (Å²) >= 11 is 0.964. The normalized spacial score (nSPS) is 19.4. The van der Waals surface area contributed by atoms with Gasteiger partial charge in [0.25, 0.3) is 0 Å². The van der Waals surface area contributed by atoms with Crippen LogP contribution in [0.25, 0.3) is 11.0 Å². The molecule has 1 aromatic carbocycles. The van der Waals surface area contributed by atoms with E-state index in [1.54, 1.807) is 19.1 Å². The van der Waals surface area contributed by atoms with Crippen LogP contribution in [0.15, 0.2) is 23.1 Å². The van der Waals surface area contributed by atoms with E-state index in [0.717, 1.165) is 11.7 Å². The van der Waals surface area contributed by atoms with Crippen molar-refractivity contribution in [2.75, 3.05) is 13.1 Å². The molecule has 1 aliphatic rings. The Balaban J connectivity index is 1.71. The molecule has 3 rings (SSSR count). The summed E-state index contributed by atoms with van der Waals surface area (Å²) in [5, 5.41) is 5.54. The Kier molecular flexibility index (Phi) is 6.44. The number of amides is 2. The molecule has 164 valence electrons. The van der Waals surface area contributed by atoms with Crippen molar-refractivity contribution in [1.82, 2.24) is 23.7 Å². The van der Waals surface area contributed by atoms with Crippen LogP contribution in [0.2, 0.25) is 0 Å². The lowest BCUT2D eigenvalue weighted by Gasteiger charge is -2.32. The van der Waals surface area contributed by atoms with E-state index in [0.29, 0.717) is 30.4 Å². The first-order valence-electron chi connectivity index (χ1n) is 9.83. The molecule has 1 aromatic heterocycles. The number of nitrogens with zero attached hydrogens (tertiary/aromatic N) is 3. The molecule has 2 atom stereocenters. The molecule has 1 unspecified atom stereocenters. The molecule has 0 bridgehead atoms. The third-order valence-corrected chi connectivity index (χ3v) is 7.31. The fraction of sp³-hybridized carbons (Fsp3) is 0.579. The van der Waals surface area contributed by atoms with Crippen LogP contribution in [0, 0.1) is 5.92 Å². The Bertz CT molecular complexity index is 1040. The molecule has 0 aliphatic carbocycles. The fourth-order valence-corrected chi connectivity index (χ4v) is 5.65. The van der Waals surface area contributed by atoms with Crippen LogP contribution in [0.4, 0.5) is 0 Å². The second-order valence-electron chi connectivity index (χ2n) is 8.56. The lowest BCUT2D eigenvalue weighted by molar-refractivity contribution is -0.132. The van der Waals surface area contributed by atoms with Gasteiger partial charge in [0, 0.05) is 18.6 Å². The number of hydrogen-bond donors (Lipinski definition) is 2. The summed E-state index contributed by atoms with van der Waals surface area (Å²) < 4.78 is 36.0. The Morgan fingerprint density at radius 3 is 2.70 bits per heavy atom. The first-order valence-corrected chi connectivity index (χ1v) is 12.0. The predicted molar refractivity (Wildman–Crippen MR) is 114 cm³/mol. The van der Waals surface area contributed by atoms with Crippen molar-refractivity contribution in [3.63, 3.8) is 0 Å². The van der Waals surface area contributed by atoms with Gasteiger partial charge in [0.2, 0.25) is 21.8 Å². The Morgan fingerprint density at radius 2 is 2.00 bits per heavy atom. The van der Waals surface area contributed by atoms with Gasteiger partial charge >= 0.3 is 0 Å². The summed E-state index contributed by atoms with van der Waals surface area (Å²) in [6.07, 6.45) is 1.12. The van der Waals surface area contributed by atoms with Crippen LogP contribution in [0.5, 0.6) is 0 Å². The van der Waals surface area contributed by atoms with E-state index in [-0.39, 0.29) is 23.3 Å². The van der Waals surface area contributed by atoms with Crippen molar-refractivity contribution < 1.29 is 18.0 Å². The number of fused-ring (bicyclic) bond motifs is 1. The monoisotopic (exact) mass is 453 g/mol. The minimum absolute atomic E-state index is 0.0652. The van der Waals surface area contributed by atoms with Gasteiger partial charge in [0.1, 0.15) is 22.0 Å². The molecule has 2 aromatic rings. The van der Waals surface area contributed by atoms with E-state index < -0.39 is 27.5 Å². The summed E-state index contributed by atoms with van der Waals surface area (Å²) in [6.45, 7) is 7.60. The Hall–Kier alpha value is -2.11. The number of piperidine rings is 1. The van der Waals surface area contributed by atoms with Crippen molar-refractivity contribution in [3.8, 4) is 0 Å². The molecule has 30 heavy (non-hydrogen) atoms. The molecule has 2 amide bonds. The standard InChI is InChI=1S/C19H27N5O4S2/c1-12(17(25)21-19(2,3)4)20-18(26)13-7-6-10-24(11-13)30(27,28)15-9-5-8-14-16(15)23-29-22-14/h5,8-9,12-13H,6-7,10-11H2,1-4H3,(H,20,26)(H,21,25)/t12-,13?/m1/s1. The number of hydrogen-bond acceptors (Lipinski definition) is 7. The van der Waals surface area contributed by atoms with Crippen LogP contribution < -0.4 is 10.6 Å².